The predicted molar refractivity (Wildman–Crippen MR) is 67.0 cm³/mol. The van der Waals surface area contributed by atoms with Gasteiger partial charge in [-0.25, -0.2) is 19.6 Å². The van der Waals surface area contributed by atoms with Crippen molar-refractivity contribution in [2.24, 2.45) is 11.3 Å². The van der Waals surface area contributed by atoms with Crippen molar-refractivity contribution in [3.8, 4) is 0 Å². The van der Waals surface area contributed by atoms with Gasteiger partial charge in [0.25, 0.3) is 0 Å². The number of nitrogens with one attached hydrogen (secondary N) is 2. The van der Waals surface area contributed by atoms with Crippen LogP contribution in [0.15, 0.2) is 6.07 Å². The fraction of sp³-hybridized carbons (Fsp3) is 0.583. The Bertz CT molecular complexity index is 448. The summed E-state index contributed by atoms with van der Waals surface area (Å²) in [5.41, 5.74) is 2.20. The maximum absolute atomic E-state index is 13.6. The quantitative estimate of drug-likeness (QED) is 0.574. The van der Waals surface area contributed by atoms with Gasteiger partial charge >= 0.3 is 0 Å². The first-order chi connectivity index (χ1) is 8.44. The summed E-state index contributed by atoms with van der Waals surface area (Å²) in [5, 5.41) is 3.05. The van der Waals surface area contributed by atoms with Crippen LogP contribution in [0.3, 0.4) is 0 Å². The summed E-state index contributed by atoms with van der Waals surface area (Å²) < 4.78 is 26.9. The molecule has 0 saturated heterocycles. The van der Waals surface area contributed by atoms with Crippen LogP contribution in [0.1, 0.15) is 33.1 Å². The van der Waals surface area contributed by atoms with Crippen molar-refractivity contribution < 1.29 is 8.78 Å². The highest BCUT2D eigenvalue weighted by Gasteiger charge is 2.35. The maximum Gasteiger partial charge on any atom is 0.178 e. The average Bonchev–Trinajstić information content (AvgIpc) is 2.62. The van der Waals surface area contributed by atoms with Crippen LogP contribution in [0.25, 0.3) is 0 Å². The van der Waals surface area contributed by atoms with Crippen molar-refractivity contribution in [3.05, 3.63) is 17.7 Å². The minimum Gasteiger partial charge on any atom is -0.364 e. The van der Waals surface area contributed by atoms with Crippen LogP contribution < -0.4 is 16.6 Å². The number of rotatable bonds is 3. The minimum atomic E-state index is -0.800. The Morgan fingerprint density at radius 1 is 1.33 bits per heavy atom. The van der Waals surface area contributed by atoms with Gasteiger partial charge in [0.15, 0.2) is 23.3 Å². The summed E-state index contributed by atoms with van der Waals surface area (Å²) in [5.74, 6) is 3.52. The van der Waals surface area contributed by atoms with Crippen molar-refractivity contribution in [1.29, 1.82) is 0 Å². The van der Waals surface area contributed by atoms with Crippen LogP contribution in [0.2, 0.25) is 0 Å². The lowest BCUT2D eigenvalue weighted by atomic mass is 9.87. The number of aromatic nitrogens is 1. The van der Waals surface area contributed by atoms with E-state index >= 15 is 0 Å². The third kappa shape index (κ3) is 2.38. The van der Waals surface area contributed by atoms with Crippen LogP contribution in [-0.2, 0) is 0 Å². The number of nitrogens with two attached hydrogens (primary N) is 1. The van der Waals surface area contributed by atoms with E-state index in [2.05, 4.69) is 29.6 Å². The zero-order valence-corrected chi connectivity index (χ0v) is 10.6. The molecule has 1 aliphatic carbocycles. The lowest BCUT2D eigenvalue weighted by molar-refractivity contribution is 0.348. The molecule has 100 valence electrons. The molecule has 0 aromatic carbocycles. The smallest absolute Gasteiger partial charge is 0.178 e. The van der Waals surface area contributed by atoms with Gasteiger partial charge in [-0.3, -0.25) is 0 Å². The number of halogens is 2. The van der Waals surface area contributed by atoms with Gasteiger partial charge in [-0.2, -0.15) is 0 Å². The highest BCUT2D eigenvalue weighted by Crippen LogP contribution is 2.39. The third-order valence-corrected chi connectivity index (χ3v) is 3.63. The van der Waals surface area contributed by atoms with Gasteiger partial charge in [0.05, 0.1) is 0 Å². The molecule has 1 fully saturated rings. The number of nitrogens with zero attached hydrogens (tertiary/aromatic N) is 1. The standard InChI is InChI=1S/C12H18F2N4/c1-12(2)5-3-4-9(12)16-10-7(13)6-8(14)11(17-10)18-15/h6,9H,3-5,15H2,1-2H3,(H2,16,17,18). The number of hydrogen-bond donors (Lipinski definition) is 3. The molecule has 1 aromatic heterocycles. The molecule has 1 saturated carbocycles. The molecule has 2 rings (SSSR count). The monoisotopic (exact) mass is 256 g/mol. The predicted octanol–water partition coefficient (Wildman–Crippen LogP) is 2.64. The second-order valence-electron chi connectivity index (χ2n) is 5.37. The summed E-state index contributed by atoms with van der Waals surface area (Å²) in [6.45, 7) is 4.25. The largest absolute Gasteiger partial charge is 0.364 e. The summed E-state index contributed by atoms with van der Waals surface area (Å²) in [6.07, 6.45) is 3.13. The van der Waals surface area contributed by atoms with Gasteiger partial charge in [0.2, 0.25) is 0 Å². The highest BCUT2D eigenvalue weighted by molar-refractivity contribution is 5.47. The number of anilines is 2. The Morgan fingerprint density at radius 2 is 2.00 bits per heavy atom. The van der Waals surface area contributed by atoms with E-state index in [0.29, 0.717) is 0 Å². The zero-order chi connectivity index (χ0) is 13.3. The molecule has 0 amide bonds. The fourth-order valence-electron chi connectivity index (χ4n) is 2.43. The molecule has 1 unspecified atom stereocenters. The first kappa shape index (κ1) is 13.0. The zero-order valence-electron chi connectivity index (χ0n) is 10.6. The SMILES string of the molecule is CC1(C)CCCC1Nc1nc(NN)c(F)cc1F. The second kappa shape index (κ2) is 4.68. The van der Waals surface area contributed by atoms with E-state index in [4.69, 9.17) is 5.84 Å². The van der Waals surface area contributed by atoms with Crippen LogP contribution in [0.4, 0.5) is 20.4 Å². The lowest BCUT2D eigenvalue weighted by Crippen LogP contribution is -2.31. The van der Waals surface area contributed by atoms with E-state index in [9.17, 15) is 8.78 Å². The topological polar surface area (TPSA) is 63.0 Å². The summed E-state index contributed by atoms with van der Waals surface area (Å²) in [6, 6.07) is 0.919. The summed E-state index contributed by atoms with van der Waals surface area (Å²) >= 11 is 0. The number of hydrogen-bond acceptors (Lipinski definition) is 4. The van der Waals surface area contributed by atoms with Gasteiger partial charge < -0.3 is 10.7 Å². The number of hydrazine groups is 1. The Morgan fingerprint density at radius 3 is 2.56 bits per heavy atom. The molecule has 0 spiro atoms. The number of pyridine rings is 1. The van der Waals surface area contributed by atoms with E-state index in [1.165, 1.54) is 0 Å². The molecular formula is C12H18F2N4. The summed E-state index contributed by atoms with van der Waals surface area (Å²) in [7, 11) is 0. The van der Waals surface area contributed by atoms with Crippen molar-refractivity contribution in [3.63, 3.8) is 0 Å². The van der Waals surface area contributed by atoms with Crippen LogP contribution in [0.5, 0.6) is 0 Å². The Balaban J connectivity index is 2.24. The molecule has 1 heterocycles. The lowest BCUT2D eigenvalue weighted by Gasteiger charge is -2.28. The Hall–Kier alpha value is -1.43. The Kier molecular flexibility index (Phi) is 3.38. The maximum atomic E-state index is 13.6. The molecule has 0 bridgehead atoms. The number of nitrogen functional groups attached to an aromatic ring is 1. The van der Waals surface area contributed by atoms with Gasteiger partial charge in [-0.05, 0) is 18.3 Å². The van der Waals surface area contributed by atoms with Gasteiger partial charge in [0, 0.05) is 12.1 Å². The van der Waals surface area contributed by atoms with E-state index in [-0.39, 0.29) is 23.1 Å². The van der Waals surface area contributed by atoms with E-state index < -0.39 is 11.6 Å². The average molecular weight is 256 g/mol. The third-order valence-electron chi connectivity index (χ3n) is 3.63. The van der Waals surface area contributed by atoms with E-state index in [0.717, 1.165) is 25.3 Å². The molecule has 0 radical (unpaired) electrons. The van der Waals surface area contributed by atoms with Crippen molar-refractivity contribution >= 4 is 11.6 Å². The van der Waals surface area contributed by atoms with Crippen LogP contribution in [0, 0.1) is 17.0 Å². The van der Waals surface area contributed by atoms with E-state index in [1.54, 1.807) is 0 Å². The van der Waals surface area contributed by atoms with Gasteiger partial charge in [-0.1, -0.05) is 20.3 Å². The highest BCUT2D eigenvalue weighted by atomic mass is 19.1. The van der Waals surface area contributed by atoms with Gasteiger partial charge in [-0.15, -0.1) is 0 Å². The fourth-order valence-corrected chi connectivity index (χ4v) is 2.43. The van der Waals surface area contributed by atoms with Crippen molar-refractivity contribution in [2.75, 3.05) is 10.7 Å². The normalized spacial score (nSPS) is 21.9. The summed E-state index contributed by atoms with van der Waals surface area (Å²) in [4.78, 5) is 3.82. The van der Waals surface area contributed by atoms with Gasteiger partial charge in [0.1, 0.15) is 0 Å². The molecule has 1 aliphatic rings. The second-order valence-corrected chi connectivity index (χ2v) is 5.37. The molecule has 1 aromatic rings. The molecular weight excluding hydrogens is 238 g/mol. The van der Waals surface area contributed by atoms with Crippen molar-refractivity contribution in [1.82, 2.24) is 4.98 Å². The molecule has 4 N–H and O–H groups in total. The van der Waals surface area contributed by atoms with Crippen LogP contribution >= 0.6 is 0 Å². The molecule has 18 heavy (non-hydrogen) atoms. The first-order valence-electron chi connectivity index (χ1n) is 6.03. The Labute approximate surface area is 105 Å². The minimum absolute atomic E-state index is 0.0457. The first-order valence-corrected chi connectivity index (χ1v) is 6.03. The molecule has 4 nitrogen and oxygen atoms in total. The molecule has 0 aliphatic heterocycles. The van der Waals surface area contributed by atoms with E-state index in [1.807, 2.05) is 0 Å². The van der Waals surface area contributed by atoms with Crippen LogP contribution in [-0.4, -0.2) is 11.0 Å². The van der Waals surface area contributed by atoms with Crippen molar-refractivity contribution in [2.45, 2.75) is 39.2 Å². The molecule has 1 atom stereocenters. The molecule has 6 heteroatoms.